The van der Waals surface area contributed by atoms with E-state index in [0.29, 0.717) is 5.92 Å². The molecule has 0 saturated carbocycles. The predicted octanol–water partition coefficient (Wildman–Crippen LogP) is 11.9. The van der Waals surface area contributed by atoms with Crippen LogP contribution in [0.25, 0.3) is 38.2 Å². The first-order valence-corrected chi connectivity index (χ1v) is 18.3. The second kappa shape index (κ2) is 13.9. The normalized spacial score (nSPS) is 14.7. The van der Waals surface area contributed by atoms with Crippen LogP contribution in [-0.2, 0) is 0 Å². The van der Waals surface area contributed by atoms with E-state index in [4.69, 9.17) is 0 Å². The van der Waals surface area contributed by atoms with Gasteiger partial charge in [-0.1, -0.05) is 197 Å². The highest BCUT2D eigenvalue weighted by Crippen LogP contribution is 2.42. The van der Waals surface area contributed by atoms with Crippen LogP contribution in [0.1, 0.15) is 54.0 Å². The number of hydrogen-bond acceptors (Lipinski definition) is 0. The molecule has 1 heteroatoms. The summed E-state index contributed by atoms with van der Waals surface area (Å²) in [5, 5.41) is 5.21. The Labute approximate surface area is 303 Å². The van der Waals surface area contributed by atoms with Gasteiger partial charge in [0.1, 0.15) is 0 Å². The van der Waals surface area contributed by atoms with Crippen molar-refractivity contribution in [3.63, 3.8) is 0 Å². The van der Waals surface area contributed by atoms with E-state index in [1.807, 2.05) is 0 Å². The quantitative estimate of drug-likeness (QED) is 0.119. The van der Waals surface area contributed by atoms with Crippen LogP contribution in [0, 0.1) is 13.8 Å². The second-order valence-corrected chi connectivity index (χ2v) is 14.1. The Morgan fingerprint density at radius 3 is 1.76 bits per heavy atom. The molecule has 1 unspecified atom stereocenters. The highest BCUT2D eigenvalue weighted by atomic mass is 14.3. The van der Waals surface area contributed by atoms with Crippen LogP contribution in [0.5, 0.6) is 0 Å². The molecule has 7 aromatic rings. The number of hydrogen-bond donors (Lipinski definition) is 0. The van der Waals surface area contributed by atoms with Crippen molar-refractivity contribution < 1.29 is 0 Å². The molecule has 8 rings (SSSR count). The molecule has 0 aliphatic heterocycles. The molecule has 0 aromatic heterocycles. The summed E-state index contributed by atoms with van der Waals surface area (Å²) in [4.78, 5) is 0. The molecule has 246 valence electrons. The van der Waals surface area contributed by atoms with Crippen molar-refractivity contribution in [2.24, 2.45) is 0 Å². The van der Waals surface area contributed by atoms with Crippen molar-refractivity contribution in [3.05, 3.63) is 209 Å². The smallest absolute Gasteiger partial charge is 0.0923 e. The van der Waals surface area contributed by atoms with Crippen molar-refractivity contribution in [1.29, 1.82) is 0 Å². The van der Waals surface area contributed by atoms with Crippen LogP contribution in [-0.4, -0.2) is 6.71 Å². The molecule has 0 fully saturated rings. The summed E-state index contributed by atoms with van der Waals surface area (Å²) >= 11 is 0. The number of fused-ring (bicyclic) bond motifs is 3. The first kappa shape index (κ1) is 32.5. The van der Waals surface area contributed by atoms with Crippen molar-refractivity contribution in [3.8, 4) is 11.1 Å². The van der Waals surface area contributed by atoms with Gasteiger partial charge in [0.05, 0.1) is 0 Å². The lowest BCUT2D eigenvalue weighted by atomic mass is 9.33. The first-order chi connectivity index (χ1) is 25.0. The van der Waals surface area contributed by atoms with Gasteiger partial charge in [-0.25, -0.2) is 0 Å². The van der Waals surface area contributed by atoms with E-state index in [1.165, 1.54) is 88.0 Å². The minimum Gasteiger partial charge on any atom is -0.0923 e. The van der Waals surface area contributed by atoms with Crippen LogP contribution in [0.2, 0.25) is 0 Å². The highest BCUT2D eigenvalue weighted by Gasteiger charge is 2.30. The van der Waals surface area contributed by atoms with E-state index in [2.05, 4.69) is 198 Å². The van der Waals surface area contributed by atoms with Crippen molar-refractivity contribution in [2.75, 3.05) is 0 Å². The first-order valence-electron chi connectivity index (χ1n) is 18.3. The molecule has 0 N–H and O–H groups in total. The molecule has 0 saturated heterocycles. The summed E-state index contributed by atoms with van der Waals surface area (Å²) in [7, 11) is 0. The van der Waals surface area contributed by atoms with E-state index in [1.54, 1.807) is 0 Å². The van der Waals surface area contributed by atoms with Crippen LogP contribution >= 0.6 is 0 Å². The average Bonchev–Trinajstić information content (AvgIpc) is 3.18. The SMILES string of the molecule is C/C=C(\C=C(/C)C1=CCC(c2ccc(-c3ccccc3)cc2)c2ccccc21)B(c1c(C)ccc2ccccc12)c1c(C)ccc2ccccc12. The zero-order valence-electron chi connectivity index (χ0n) is 30.0. The number of rotatable bonds is 7. The van der Waals surface area contributed by atoms with Crippen LogP contribution < -0.4 is 10.9 Å². The van der Waals surface area contributed by atoms with Gasteiger partial charge in [0.15, 0.2) is 0 Å². The standard InChI is InChI=1S/C50H43B/c1-5-42(51(49-34(2)23-25-39-17-9-11-19-45(39)49)50-35(3)24-26-40-18-10-12-20-46(40)50)33-36(4)43-31-32-44(48-22-14-13-21-47(43)48)41-29-27-38(28-30-41)37-15-7-6-8-16-37/h5-31,33,44H,32H2,1-4H3/b36-33+,42-5+. The van der Waals surface area contributed by atoms with Gasteiger partial charge in [0.25, 0.3) is 0 Å². The van der Waals surface area contributed by atoms with Crippen molar-refractivity contribution in [1.82, 2.24) is 0 Å². The van der Waals surface area contributed by atoms with Gasteiger partial charge in [-0.2, -0.15) is 0 Å². The monoisotopic (exact) mass is 654 g/mol. The molecule has 1 atom stereocenters. The van der Waals surface area contributed by atoms with Gasteiger partial charge in [-0.3, -0.25) is 0 Å². The van der Waals surface area contributed by atoms with Crippen molar-refractivity contribution in [2.45, 2.75) is 40.0 Å². The molecule has 0 amide bonds. The molecule has 0 heterocycles. The zero-order valence-corrected chi connectivity index (χ0v) is 30.0. The topological polar surface area (TPSA) is 0 Å². The van der Waals surface area contributed by atoms with Crippen LogP contribution in [0.15, 0.2) is 181 Å². The molecule has 7 aromatic carbocycles. The maximum absolute atomic E-state index is 2.48. The third-order valence-corrected chi connectivity index (χ3v) is 11.0. The Morgan fingerprint density at radius 1 is 0.588 bits per heavy atom. The Kier molecular flexibility index (Phi) is 8.89. The molecular weight excluding hydrogens is 611 g/mol. The summed E-state index contributed by atoms with van der Waals surface area (Å²) in [6.45, 7) is 9.16. The van der Waals surface area contributed by atoms with Gasteiger partial charge < -0.3 is 0 Å². The van der Waals surface area contributed by atoms with E-state index >= 15 is 0 Å². The summed E-state index contributed by atoms with van der Waals surface area (Å²) in [5.41, 5.74) is 16.0. The maximum Gasteiger partial charge on any atom is 0.243 e. The predicted molar refractivity (Wildman–Crippen MR) is 223 cm³/mol. The Morgan fingerprint density at radius 2 is 1.14 bits per heavy atom. The Bertz CT molecular complexity index is 2390. The van der Waals surface area contributed by atoms with E-state index < -0.39 is 0 Å². The minimum atomic E-state index is 0.0671. The fourth-order valence-corrected chi connectivity index (χ4v) is 8.46. The maximum atomic E-state index is 2.48. The van der Waals surface area contributed by atoms with Crippen LogP contribution in [0.3, 0.4) is 0 Å². The van der Waals surface area contributed by atoms with E-state index in [9.17, 15) is 0 Å². The third-order valence-electron chi connectivity index (χ3n) is 11.0. The fraction of sp³-hybridized carbons (Fsp3) is 0.120. The lowest BCUT2D eigenvalue weighted by Gasteiger charge is -2.28. The van der Waals surface area contributed by atoms with Gasteiger partial charge in [-0.05, 0) is 94.6 Å². The molecule has 0 spiro atoms. The molecule has 0 nitrogen and oxygen atoms in total. The average molecular weight is 655 g/mol. The summed E-state index contributed by atoms with van der Waals surface area (Å²) in [6, 6.07) is 55.8. The number of aryl methyl sites for hydroxylation is 2. The van der Waals surface area contributed by atoms with Gasteiger partial charge in [0.2, 0.25) is 6.71 Å². The molecule has 0 bridgehead atoms. The summed E-state index contributed by atoms with van der Waals surface area (Å²) in [6.07, 6.45) is 8.29. The lowest BCUT2D eigenvalue weighted by molar-refractivity contribution is 0.815. The lowest BCUT2D eigenvalue weighted by Crippen LogP contribution is -2.47. The van der Waals surface area contributed by atoms with Gasteiger partial charge in [0, 0.05) is 5.92 Å². The van der Waals surface area contributed by atoms with Gasteiger partial charge >= 0.3 is 0 Å². The molecular formula is C50H43B. The summed E-state index contributed by atoms with van der Waals surface area (Å²) < 4.78 is 0. The van der Waals surface area contributed by atoms with Crippen molar-refractivity contribution >= 4 is 44.8 Å². The largest absolute Gasteiger partial charge is 0.243 e. The van der Waals surface area contributed by atoms with Gasteiger partial charge in [-0.15, -0.1) is 0 Å². The second-order valence-electron chi connectivity index (χ2n) is 14.1. The molecule has 1 aliphatic rings. The Balaban J connectivity index is 1.23. The van der Waals surface area contributed by atoms with Crippen LogP contribution in [0.4, 0.5) is 0 Å². The fourth-order valence-electron chi connectivity index (χ4n) is 8.46. The Hall–Kier alpha value is -5.66. The molecule has 1 aliphatic carbocycles. The third kappa shape index (κ3) is 6.08. The zero-order chi connectivity index (χ0) is 34.9. The summed E-state index contributed by atoms with van der Waals surface area (Å²) in [5.74, 6) is 0.327. The van der Waals surface area contributed by atoms with E-state index in [0.717, 1.165) is 6.42 Å². The van der Waals surface area contributed by atoms with E-state index in [-0.39, 0.29) is 6.71 Å². The minimum absolute atomic E-state index is 0.0671. The number of allylic oxidation sites excluding steroid dienone is 6. The molecule has 0 radical (unpaired) electrons. The molecule has 51 heavy (non-hydrogen) atoms. The highest BCUT2D eigenvalue weighted by molar-refractivity contribution is 6.95. The number of benzene rings is 7.